The lowest BCUT2D eigenvalue weighted by atomic mass is 10.1. The Labute approximate surface area is 148 Å². The highest BCUT2D eigenvalue weighted by Gasteiger charge is 2.49. The van der Waals surface area contributed by atoms with E-state index in [4.69, 9.17) is 4.18 Å². The first-order valence-electron chi connectivity index (χ1n) is 8.27. The Morgan fingerprint density at radius 1 is 0.720 bits per heavy atom. The van der Waals surface area contributed by atoms with Gasteiger partial charge in [-0.05, 0) is 35.2 Å². The van der Waals surface area contributed by atoms with E-state index in [0.717, 1.165) is 16.7 Å². The molecule has 0 unspecified atom stereocenters. The predicted octanol–water partition coefficient (Wildman–Crippen LogP) is 4.62. The Morgan fingerprint density at radius 3 is 1.92 bits per heavy atom. The Hall–Kier alpha value is -2.59. The van der Waals surface area contributed by atoms with E-state index >= 15 is 0 Å². The molecule has 3 aromatic rings. The average Bonchev–Trinajstić information content (AvgIpc) is 3.45. The minimum absolute atomic E-state index is 0.0368. The molecular weight excluding hydrogens is 332 g/mol. The fourth-order valence-corrected chi connectivity index (χ4v) is 4.58. The van der Waals surface area contributed by atoms with E-state index in [9.17, 15) is 8.42 Å². The normalized spacial score (nSPS) is 19.4. The molecular formula is C21H18O3S. The summed E-state index contributed by atoms with van der Waals surface area (Å²) < 4.78 is 30.3. The SMILES string of the molecule is O=S(=O)(Oc1ccc(-c2ccccc2)cc1)[C@@H]1C[C@H]1c1ccccc1. The van der Waals surface area contributed by atoms with Crippen LogP contribution in [0, 0.1) is 0 Å². The summed E-state index contributed by atoms with van der Waals surface area (Å²) in [6.07, 6.45) is 0.619. The minimum atomic E-state index is -3.61. The number of benzene rings is 3. The molecule has 1 aliphatic rings. The molecule has 0 spiro atoms. The van der Waals surface area contributed by atoms with Gasteiger partial charge in [-0.3, -0.25) is 0 Å². The zero-order valence-corrected chi connectivity index (χ0v) is 14.4. The van der Waals surface area contributed by atoms with Crippen molar-refractivity contribution in [2.75, 3.05) is 0 Å². The van der Waals surface area contributed by atoms with Crippen molar-refractivity contribution in [3.63, 3.8) is 0 Å². The Kier molecular flexibility index (Phi) is 4.06. The lowest BCUT2D eigenvalue weighted by molar-refractivity contribution is 0.484. The molecule has 0 heterocycles. The second-order valence-corrected chi connectivity index (χ2v) is 8.02. The van der Waals surface area contributed by atoms with Gasteiger partial charge < -0.3 is 4.18 Å². The molecule has 1 fully saturated rings. The second-order valence-electron chi connectivity index (χ2n) is 6.26. The molecule has 4 rings (SSSR count). The van der Waals surface area contributed by atoms with Gasteiger partial charge in [0.15, 0.2) is 0 Å². The quantitative estimate of drug-likeness (QED) is 0.631. The molecule has 1 aliphatic carbocycles. The van der Waals surface area contributed by atoms with Crippen molar-refractivity contribution in [2.45, 2.75) is 17.6 Å². The van der Waals surface area contributed by atoms with Gasteiger partial charge in [0.1, 0.15) is 11.0 Å². The van der Waals surface area contributed by atoms with E-state index < -0.39 is 15.4 Å². The summed E-state index contributed by atoms with van der Waals surface area (Å²) in [6, 6.07) is 26.8. The van der Waals surface area contributed by atoms with Crippen LogP contribution < -0.4 is 4.18 Å². The fraction of sp³-hybridized carbons (Fsp3) is 0.143. The van der Waals surface area contributed by atoms with Crippen molar-refractivity contribution in [1.29, 1.82) is 0 Å². The third-order valence-corrected chi connectivity index (χ3v) is 6.19. The van der Waals surface area contributed by atoms with Crippen LogP contribution in [0.15, 0.2) is 84.9 Å². The van der Waals surface area contributed by atoms with Crippen molar-refractivity contribution in [1.82, 2.24) is 0 Å². The third kappa shape index (κ3) is 3.44. The van der Waals surface area contributed by atoms with Gasteiger partial charge in [-0.15, -0.1) is 0 Å². The Balaban J connectivity index is 1.47. The first-order valence-corrected chi connectivity index (χ1v) is 9.74. The smallest absolute Gasteiger partial charge is 0.312 e. The van der Waals surface area contributed by atoms with Gasteiger partial charge in [0.05, 0.1) is 0 Å². The molecule has 25 heavy (non-hydrogen) atoms. The maximum absolute atomic E-state index is 12.5. The number of rotatable bonds is 5. The molecule has 3 aromatic carbocycles. The molecule has 2 atom stereocenters. The summed E-state index contributed by atoms with van der Waals surface area (Å²) in [4.78, 5) is 0. The molecule has 126 valence electrons. The van der Waals surface area contributed by atoms with Crippen LogP contribution in [0.3, 0.4) is 0 Å². The molecule has 4 heteroatoms. The van der Waals surface area contributed by atoms with E-state index in [0.29, 0.717) is 12.2 Å². The van der Waals surface area contributed by atoms with Crippen molar-refractivity contribution >= 4 is 10.1 Å². The van der Waals surface area contributed by atoms with Gasteiger partial charge in [-0.1, -0.05) is 72.8 Å². The average molecular weight is 350 g/mol. The van der Waals surface area contributed by atoms with Crippen molar-refractivity contribution in [3.8, 4) is 16.9 Å². The molecule has 0 radical (unpaired) electrons. The molecule has 0 aromatic heterocycles. The van der Waals surface area contributed by atoms with E-state index in [1.165, 1.54) is 0 Å². The van der Waals surface area contributed by atoms with Crippen LogP contribution in [-0.4, -0.2) is 13.7 Å². The van der Waals surface area contributed by atoms with Gasteiger partial charge in [-0.2, -0.15) is 8.42 Å². The first-order chi connectivity index (χ1) is 12.1. The Bertz CT molecular complexity index is 949. The van der Waals surface area contributed by atoms with E-state index in [1.54, 1.807) is 12.1 Å². The topological polar surface area (TPSA) is 43.4 Å². The predicted molar refractivity (Wildman–Crippen MR) is 99.0 cm³/mol. The van der Waals surface area contributed by atoms with Gasteiger partial charge in [0, 0.05) is 5.92 Å². The van der Waals surface area contributed by atoms with Gasteiger partial charge in [0.2, 0.25) is 0 Å². The van der Waals surface area contributed by atoms with Crippen molar-refractivity contribution in [2.24, 2.45) is 0 Å². The summed E-state index contributed by atoms with van der Waals surface area (Å²) in [5, 5.41) is -0.455. The number of hydrogen-bond acceptors (Lipinski definition) is 3. The Morgan fingerprint density at radius 2 is 1.28 bits per heavy atom. The highest BCUT2D eigenvalue weighted by molar-refractivity contribution is 7.88. The molecule has 0 bridgehead atoms. The summed E-state index contributed by atoms with van der Waals surface area (Å²) in [5.41, 5.74) is 3.17. The number of hydrogen-bond donors (Lipinski definition) is 0. The third-order valence-electron chi connectivity index (χ3n) is 4.50. The van der Waals surface area contributed by atoms with E-state index in [1.807, 2.05) is 72.8 Å². The monoisotopic (exact) mass is 350 g/mol. The van der Waals surface area contributed by atoms with E-state index in [2.05, 4.69) is 0 Å². The van der Waals surface area contributed by atoms with E-state index in [-0.39, 0.29) is 5.92 Å². The van der Waals surface area contributed by atoms with Crippen LogP contribution in [-0.2, 0) is 10.1 Å². The molecule has 0 N–H and O–H groups in total. The molecule has 0 saturated heterocycles. The molecule has 3 nitrogen and oxygen atoms in total. The highest BCUT2D eigenvalue weighted by atomic mass is 32.2. The lowest BCUT2D eigenvalue weighted by Gasteiger charge is -2.08. The maximum Gasteiger partial charge on any atom is 0.312 e. The lowest BCUT2D eigenvalue weighted by Crippen LogP contribution is -2.16. The van der Waals surface area contributed by atoms with Crippen molar-refractivity contribution in [3.05, 3.63) is 90.5 Å². The first kappa shape index (κ1) is 15.9. The molecule has 0 amide bonds. The fourth-order valence-electron chi connectivity index (χ4n) is 3.07. The van der Waals surface area contributed by atoms with Crippen molar-refractivity contribution < 1.29 is 12.6 Å². The van der Waals surface area contributed by atoms with Crippen LogP contribution >= 0.6 is 0 Å². The van der Waals surface area contributed by atoms with Crippen LogP contribution in [0.25, 0.3) is 11.1 Å². The van der Waals surface area contributed by atoms with Crippen LogP contribution in [0.1, 0.15) is 17.9 Å². The van der Waals surface area contributed by atoms with Gasteiger partial charge >= 0.3 is 10.1 Å². The molecule has 0 aliphatic heterocycles. The zero-order chi connectivity index (χ0) is 17.3. The largest absolute Gasteiger partial charge is 0.382 e. The maximum atomic E-state index is 12.5. The highest BCUT2D eigenvalue weighted by Crippen LogP contribution is 2.46. The summed E-state index contributed by atoms with van der Waals surface area (Å²) >= 11 is 0. The second kappa shape index (κ2) is 6.37. The van der Waals surface area contributed by atoms with Gasteiger partial charge in [0.25, 0.3) is 0 Å². The minimum Gasteiger partial charge on any atom is -0.382 e. The molecule has 1 saturated carbocycles. The summed E-state index contributed by atoms with van der Waals surface area (Å²) in [5.74, 6) is 0.396. The summed E-state index contributed by atoms with van der Waals surface area (Å²) in [6.45, 7) is 0. The van der Waals surface area contributed by atoms with Crippen LogP contribution in [0.5, 0.6) is 5.75 Å². The zero-order valence-electron chi connectivity index (χ0n) is 13.6. The van der Waals surface area contributed by atoms with Gasteiger partial charge in [-0.25, -0.2) is 0 Å². The standard InChI is InChI=1S/C21H18O3S/c22-25(23,21-15-20(21)18-9-5-2-6-10-18)24-19-13-11-17(12-14-19)16-7-3-1-4-8-16/h1-14,20-21H,15H2/t20-,21+/m0/s1. The summed E-state index contributed by atoms with van der Waals surface area (Å²) in [7, 11) is -3.61. The van der Waals surface area contributed by atoms with Crippen LogP contribution in [0.2, 0.25) is 0 Å². The van der Waals surface area contributed by atoms with Crippen LogP contribution in [0.4, 0.5) is 0 Å².